The van der Waals surface area contributed by atoms with Crippen LogP contribution in [0.15, 0.2) is 42.5 Å². The molecule has 1 aromatic rings. The normalized spacial score (nSPS) is 26.5. The van der Waals surface area contributed by atoms with Gasteiger partial charge in [0.15, 0.2) is 5.79 Å². The molecule has 0 aromatic heterocycles. The Labute approximate surface area is 204 Å². The van der Waals surface area contributed by atoms with Gasteiger partial charge in [0, 0.05) is 19.3 Å². The van der Waals surface area contributed by atoms with Gasteiger partial charge in [0.05, 0.1) is 31.5 Å². The molecule has 1 saturated heterocycles. The molecule has 6 heteroatoms. The average Bonchev–Trinajstić information content (AvgIpc) is 3.38. The Bertz CT molecular complexity index is 755. The van der Waals surface area contributed by atoms with Gasteiger partial charge in [-0.15, -0.1) is 0 Å². The van der Waals surface area contributed by atoms with Crippen molar-refractivity contribution in [3.05, 3.63) is 48.0 Å². The highest BCUT2D eigenvalue weighted by molar-refractivity contribution is 5.69. The van der Waals surface area contributed by atoms with Crippen molar-refractivity contribution in [3.8, 4) is 0 Å². The van der Waals surface area contributed by atoms with Gasteiger partial charge in [0.25, 0.3) is 0 Å². The minimum atomic E-state index is -0.603. The first kappa shape index (κ1) is 26.9. The molecule has 2 fully saturated rings. The molecule has 0 radical (unpaired) electrons. The van der Waals surface area contributed by atoms with Crippen LogP contribution in [0.3, 0.4) is 0 Å². The quantitative estimate of drug-likeness (QED) is 0.248. The largest absolute Gasteiger partial charge is 0.463 e. The van der Waals surface area contributed by atoms with E-state index in [0.29, 0.717) is 32.5 Å². The van der Waals surface area contributed by atoms with Crippen LogP contribution in [0.1, 0.15) is 70.8 Å². The van der Waals surface area contributed by atoms with Gasteiger partial charge in [0.2, 0.25) is 0 Å². The van der Waals surface area contributed by atoms with E-state index in [9.17, 15) is 15.0 Å². The third-order valence-electron chi connectivity index (χ3n) is 7.02. The average molecular weight is 475 g/mol. The van der Waals surface area contributed by atoms with Crippen LogP contribution in [-0.4, -0.2) is 53.5 Å². The fourth-order valence-electron chi connectivity index (χ4n) is 5.24. The summed E-state index contributed by atoms with van der Waals surface area (Å²) in [6.07, 6.45) is 9.31. The number of hydrogen-bond donors (Lipinski definition) is 2. The number of aliphatic hydroxyl groups is 2. The van der Waals surface area contributed by atoms with E-state index in [1.807, 2.05) is 32.0 Å². The third kappa shape index (κ3) is 8.19. The number of carbonyl (C=O) groups is 1. The molecule has 2 aliphatic rings. The number of allylic oxidation sites excluding steroid dienone is 2. The molecule has 3 unspecified atom stereocenters. The van der Waals surface area contributed by atoms with Crippen LogP contribution < -0.4 is 0 Å². The molecule has 0 amide bonds. The summed E-state index contributed by atoms with van der Waals surface area (Å²) in [5.74, 6) is -0.726. The molecule has 2 N–H and O–H groups in total. The second kappa shape index (κ2) is 13.4. The number of carbonyl (C=O) groups excluding carboxylic acids is 1. The number of aliphatic hydroxyl groups excluding tert-OH is 2. The highest BCUT2D eigenvalue weighted by atomic mass is 16.7. The van der Waals surface area contributed by atoms with E-state index in [1.165, 1.54) is 5.56 Å². The number of rotatable bonds is 13. The zero-order valence-electron chi connectivity index (χ0n) is 20.7. The van der Waals surface area contributed by atoms with E-state index >= 15 is 0 Å². The van der Waals surface area contributed by atoms with Gasteiger partial charge in [-0.2, -0.15) is 0 Å². The molecule has 0 spiro atoms. The molecule has 1 saturated carbocycles. The van der Waals surface area contributed by atoms with Gasteiger partial charge in [-0.05, 0) is 69.8 Å². The maximum Gasteiger partial charge on any atom is 0.306 e. The van der Waals surface area contributed by atoms with E-state index < -0.39 is 18.0 Å². The smallest absolute Gasteiger partial charge is 0.306 e. The monoisotopic (exact) mass is 474 g/mol. The number of unbranched alkanes of at least 4 members (excludes halogenated alkanes) is 1. The van der Waals surface area contributed by atoms with Gasteiger partial charge >= 0.3 is 5.97 Å². The molecule has 0 bridgehead atoms. The Balaban J connectivity index is 1.47. The lowest BCUT2D eigenvalue weighted by molar-refractivity contribution is -0.170. The lowest BCUT2D eigenvalue weighted by Gasteiger charge is -2.31. The van der Waals surface area contributed by atoms with Gasteiger partial charge in [0.1, 0.15) is 0 Å². The standard InChI is InChI=1S/C28H42O6/c1-21(2)34-27(31)13-9-4-3-8-12-23-24(26(30)20-25(23)29)15-17-28(32-18-19-33-28)16-14-22-10-6-5-7-11-22/h3,5-8,10-11,21,23-26,29-30H,4,9,12-20H2,1-2H3/b8-3+/t23?,24-,25?,26?/m1/s1. The van der Waals surface area contributed by atoms with E-state index in [1.54, 1.807) is 0 Å². The van der Waals surface area contributed by atoms with E-state index in [2.05, 4.69) is 24.3 Å². The Kier molecular flexibility index (Phi) is 10.6. The molecule has 3 rings (SSSR count). The molecule has 1 aliphatic heterocycles. The highest BCUT2D eigenvalue weighted by Gasteiger charge is 2.43. The molecule has 34 heavy (non-hydrogen) atoms. The molecule has 4 atom stereocenters. The molecule has 1 heterocycles. The minimum absolute atomic E-state index is 0.0158. The summed E-state index contributed by atoms with van der Waals surface area (Å²) in [4.78, 5) is 11.6. The summed E-state index contributed by atoms with van der Waals surface area (Å²) in [5, 5.41) is 21.2. The van der Waals surface area contributed by atoms with Crippen LogP contribution in [0.2, 0.25) is 0 Å². The van der Waals surface area contributed by atoms with Crippen LogP contribution in [0, 0.1) is 11.8 Å². The Hall–Kier alpha value is -1.73. The van der Waals surface area contributed by atoms with Gasteiger partial charge < -0.3 is 24.4 Å². The molecule has 1 aliphatic carbocycles. The first-order chi connectivity index (χ1) is 16.4. The molecule has 6 nitrogen and oxygen atoms in total. The van der Waals surface area contributed by atoms with Gasteiger partial charge in [-0.25, -0.2) is 0 Å². The van der Waals surface area contributed by atoms with E-state index in [0.717, 1.165) is 38.5 Å². The van der Waals surface area contributed by atoms with E-state index in [4.69, 9.17) is 14.2 Å². The number of hydrogen-bond acceptors (Lipinski definition) is 6. The number of aryl methyl sites for hydroxylation is 1. The first-order valence-corrected chi connectivity index (χ1v) is 12.9. The fourth-order valence-corrected chi connectivity index (χ4v) is 5.24. The van der Waals surface area contributed by atoms with E-state index in [-0.39, 0.29) is 23.9 Å². The van der Waals surface area contributed by atoms with Crippen LogP contribution in [0.5, 0.6) is 0 Å². The highest BCUT2D eigenvalue weighted by Crippen LogP contribution is 2.41. The number of esters is 1. The lowest BCUT2D eigenvalue weighted by Crippen LogP contribution is -2.33. The predicted molar refractivity (Wildman–Crippen MR) is 131 cm³/mol. The topological polar surface area (TPSA) is 85.2 Å². The predicted octanol–water partition coefficient (Wildman–Crippen LogP) is 4.57. The molecule has 190 valence electrons. The summed E-state index contributed by atoms with van der Waals surface area (Å²) in [5.41, 5.74) is 1.26. The summed E-state index contributed by atoms with van der Waals surface area (Å²) in [6.45, 7) is 4.90. The molecular formula is C28H42O6. The summed E-state index contributed by atoms with van der Waals surface area (Å²) in [6, 6.07) is 10.4. The summed E-state index contributed by atoms with van der Waals surface area (Å²) < 4.78 is 17.3. The van der Waals surface area contributed by atoms with Crippen LogP contribution in [-0.2, 0) is 25.4 Å². The van der Waals surface area contributed by atoms with Crippen LogP contribution in [0.25, 0.3) is 0 Å². The fraction of sp³-hybridized carbons (Fsp3) is 0.679. The zero-order valence-corrected chi connectivity index (χ0v) is 20.7. The third-order valence-corrected chi connectivity index (χ3v) is 7.02. The van der Waals surface area contributed by atoms with Crippen LogP contribution >= 0.6 is 0 Å². The second-order valence-electron chi connectivity index (χ2n) is 9.97. The van der Waals surface area contributed by atoms with Gasteiger partial charge in [-0.3, -0.25) is 4.79 Å². The molecule has 1 aromatic carbocycles. The maximum absolute atomic E-state index is 11.6. The number of benzene rings is 1. The SMILES string of the molecule is CC(C)OC(=O)CCC/C=C/CC1C(O)CC(O)[C@@H]1CCC1(CCc2ccccc2)OCCO1. The van der Waals surface area contributed by atoms with Crippen molar-refractivity contribution in [1.29, 1.82) is 0 Å². The van der Waals surface area contributed by atoms with Crippen molar-refractivity contribution in [3.63, 3.8) is 0 Å². The van der Waals surface area contributed by atoms with Crippen molar-refractivity contribution >= 4 is 5.97 Å². The van der Waals surface area contributed by atoms with Crippen molar-refractivity contribution in [2.24, 2.45) is 11.8 Å². The first-order valence-electron chi connectivity index (χ1n) is 12.9. The zero-order chi connectivity index (χ0) is 24.4. The molecular weight excluding hydrogens is 432 g/mol. The maximum atomic E-state index is 11.6. The Morgan fingerprint density at radius 1 is 1.09 bits per heavy atom. The van der Waals surface area contributed by atoms with Crippen molar-refractivity contribution < 1.29 is 29.2 Å². The number of ether oxygens (including phenoxy) is 3. The Morgan fingerprint density at radius 3 is 2.50 bits per heavy atom. The summed E-state index contributed by atoms with van der Waals surface area (Å²) >= 11 is 0. The lowest BCUT2D eigenvalue weighted by atomic mass is 9.85. The van der Waals surface area contributed by atoms with Gasteiger partial charge in [-0.1, -0.05) is 42.5 Å². The van der Waals surface area contributed by atoms with Crippen molar-refractivity contribution in [2.45, 2.75) is 95.7 Å². The summed E-state index contributed by atoms with van der Waals surface area (Å²) in [7, 11) is 0. The minimum Gasteiger partial charge on any atom is -0.463 e. The van der Waals surface area contributed by atoms with Crippen molar-refractivity contribution in [1.82, 2.24) is 0 Å². The van der Waals surface area contributed by atoms with Crippen LogP contribution in [0.4, 0.5) is 0 Å². The second-order valence-corrected chi connectivity index (χ2v) is 9.97. The van der Waals surface area contributed by atoms with Crippen molar-refractivity contribution in [2.75, 3.05) is 13.2 Å². The Morgan fingerprint density at radius 2 is 1.79 bits per heavy atom.